The molecular weight excluding hydrogens is 312 g/mol. The number of urea groups is 1. The molecule has 1 atom stereocenters. The largest absolute Gasteiger partial charge is 0.370 e. The number of aryl methyl sites for hydroxylation is 1. The van der Waals surface area contributed by atoms with Crippen LogP contribution in [0.3, 0.4) is 0 Å². The molecular formula is C16H18N4O4. The smallest absolute Gasteiger partial charge is 0.322 e. The predicted octanol–water partition coefficient (Wildman–Crippen LogP) is -0.205. The lowest BCUT2D eigenvalue weighted by Crippen LogP contribution is -2.55. The van der Waals surface area contributed by atoms with Gasteiger partial charge in [0.25, 0.3) is 11.8 Å². The molecule has 8 heteroatoms. The molecule has 2 heterocycles. The molecule has 24 heavy (non-hydrogen) atoms. The molecule has 0 aliphatic carbocycles. The molecule has 0 spiro atoms. The van der Waals surface area contributed by atoms with Crippen molar-refractivity contribution < 1.29 is 19.2 Å². The van der Waals surface area contributed by atoms with Crippen LogP contribution in [-0.4, -0.2) is 40.7 Å². The van der Waals surface area contributed by atoms with E-state index in [1.807, 2.05) is 19.1 Å². The van der Waals surface area contributed by atoms with Crippen molar-refractivity contribution in [1.29, 1.82) is 0 Å². The van der Waals surface area contributed by atoms with Crippen molar-refractivity contribution in [2.24, 2.45) is 5.73 Å². The van der Waals surface area contributed by atoms with Gasteiger partial charge in [0, 0.05) is 18.5 Å². The number of primary amides is 1. The van der Waals surface area contributed by atoms with Crippen molar-refractivity contribution in [2.45, 2.75) is 31.8 Å². The van der Waals surface area contributed by atoms with Crippen LogP contribution in [-0.2, 0) is 16.1 Å². The summed E-state index contributed by atoms with van der Waals surface area (Å²) in [7, 11) is 0. The lowest BCUT2D eigenvalue weighted by molar-refractivity contribution is -0.125. The molecule has 0 aromatic heterocycles. The van der Waals surface area contributed by atoms with Gasteiger partial charge in [-0.05, 0) is 25.0 Å². The van der Waals surface area contributed by atoms with Crippen molar-refractivity contribution in [3.05, 3.63) is 34.9 Å². The number of nitrogens with two attached hydrogens (primary N) is 1. The van der Waals surface area contributed by atoms with E-state index in [0.717, 1.165) is 11.1 Å². The van der Waals surface area contributed by atoms with Crippen molar-refractivity contribution in [2.75, 3.05) is 6.54 Å². The molecule has 3 rings (SSSR count). The molecule has 4 N–H and O–H groups in total. The summed E-state index contributed by atoms with van der Waals surface area (Å²) in [4.78, 5) is 49.0. The first-order chi connectivity index (χ1) is 11.3. The number of nitrogens with one attached hydrogen (secondary N) is 2. The summed E-state index contributed by atoms with van der Waals surface area (Å²) >= 11 is 0. The first-order valence-electron chi connectivity index (χ1n) is 7.61. The fourth-order valence-corrected chi connectivity index (χ4v) is 3.16. The number of amides is 5. The molecule has 0 radical (unpaired) electrons. The number of rotatable bonds is 5. The number of carbonyl (C=O) groups is 4. The van der Waals surface area contributed by atoms with Crippen LogP contribution in [0.2, 0.25) is 0 Å². The van der Waals surface area contributed by atoms with E-state index in [2.05, 4.69) is 10.6 Å². The normalized spacial score (nSPS) is 22.4. The van der Waals surface area contributed by atoms with Crippen LogP contribution >= 0.6 is 0 Å². The topological polar surface area (TPSA) is 122 Å². The summed E-state index contributed by atoms with van der Waals surface area (Å²) in [6.45, 7) is 2.25. The maximum atomic E-state index is 12.6. The summed E-state index contributed by atoms with van der Waals surface area (Å²) in [6, 6.07) is 4.97. The Bertz CT molecular complexity index is 760. The van der Waals surface area contributed by atoms with Crippen LogP contribution in [0, 0.1) is 6.92 Å². The number of imide groups is 1. The van der Waals surface area contributed by atoms with Gasteiger partial charge in [0.2, 0.25) is 5.91 Å². The fraction of sp³-hybridized carbons (Fsp3) is 0.375. The minimum Gasteiger partial charge on any atom is -0.370 e. The highest BCUT2D eigenvalue weighted by Crippen LogP contribution is 2.28. The second kappa shape index (κ2) is 5.63. The summed E-state index contributed by atoms with van der Waals surface area (Å²) in [6.07, 6.45) is -0.0269. The highest BCUT2D eigenvalue weighted by atomic mass is 16.2. The molecule has 0 saturated carbocycles. The molecule has 2 aliphatic rings. The molecule has 8 nitrogen and oxygen atoms in total. The number of nitrogens with zero attached hydrogens (tertiary/aromatic N) is 1. The maximum Gasteiger partial charge on any atom is 0.322 e. The van der Waals surface area contributed by atoms with E-state index in [1.165, 1.54) is 4.90 Å². The summed E-state index contributed by atoms with van der Waals surface area (Å²) < 4.78 is 0. The predicted molar refractivity (Wildman–Crippen MR) is 83.8 cm³/mol. The van der Waals surface area contributed by atoms with E-state index in [-0.39, 0.29) is 25.3 Å². The fourth-order valence-electron chi connectivity index (χ4n) is 3.16. The zero-order valence-corrected chi connectivity index (χ0v) is 13.2. The van der Waals surface area contributed by atoms with Gasteiger partial charge in [-0.15, -0.1) is 0 Å². The van der Waals surface area contributed by atoms with E-state index in [9.17, 15) is 19.2 Å². The Hall–Kier alpha value is -2.90. The number of hydrogen-bond acceptors (Lipinski definition) is 4. The van der Waals surface area contributed by atoms with E-state index in [1.54, 1.807) is 6.07 Å². The van der Waals surface area contributed by atoms with Gasteiger partial charge >= 0.3 is 6.03 Å². The molecule has 1 fully saturated rings. The van der Waals surface area contributed by atoms with Gasteiger partial charge in [0.05, 0.1) is 6.54 Å². The van der Waals surface area contributed by atoms with Crippen molar-refractivity contribution >= 4 is 23.8 Å². The first kappa shape index (κ1) is 16.0. The third kappa shape index (κ3) is 2.70. The van der Waals surface area contributed by atoms with Crippen molar-refractivity contribution in [1.82, 2.24) is 15.5 Å². The minimum atomic E-state index is -1.33. The molecule has 2 aliphatic heterocycles. The van der Waals surface area contributed by atoms with Crippen LogP contribution in [0.15, 0.2) is 18.2 Å². The molecule has 0 bridgehead atoms. The van der Waals surface area contributed by atoms with E-state index in [0.29, 0.717) is 12.1 Å². The second-order valence-corrected chi connectivity index (χ2v) is 6.28. The molecule has 1 unspecified atom stereocenters. The second-order valence-electron chi connectivity index (χ2n) is 6.28. The van der Waals surface area contributed by atoms with Gasteiger partial charge < -0.3 is 16.0 Å². The van der Waals surface area contributed by atoms with Crippen LogP contribution in [0.4, 0.5) is 4.79 Å². The lowest BCUT2D eigenvalue weighted by atomic mass is 9.92. The Balaban J connectivity index is 1.84. The molecule has 1 saturated heterocycles. The zero-order valence-electron chi connectivity index (χ0n) is 13.2. The van der Waals surface area contributed by atoms with Crippen LogP contribution in [0.25, 0.3) is 0 Å². The monoisotopic (exact) mass is 330 g/mol. The van der Waals surface area contributed by atoms with Gasteiger partial charge in [-0.2, -0.15) is 0 Å². The Morgan fingerprint density at radius 1 is 1.33 bits per heavy atom. The Labute approximate surface area is 138 Å². The summed E-state index contributed by atoms with van der Waals surface area (Å²) in [5.41, 5.74) is 6.28. The average Bonchev–Trinajstić information content (AvgIpc) is 2.95. The quantitative estimate of drug-likeness (QED) is 0.647. The zero-order chi connectivity index (χ0) is 17.5. The molecule has 126 valence electrons. The van der Waals surface area contributed by atoms with Gasteiger partial charge in [0.1, 0.15) is 5.54 Å². The van der Waals surface area contributed by atoms with Gasteiger partial charge in [-0.3, -0.25) is 19.7 Å². The van der Waals surface area contributed by atoms with Gasteiger partial charge in [-0.1, -0.05) is 17.7 Å². The van der Waals surface area contributed by atoms with Crippen LogP contribution in [0.5, 0.6) is 0 Å². The van der Waals surface area contributed by atoms with Gasteiger partial charge in [0.15, 0.2) is 0 Å². The van der Waals surface area contributed by atoms with Crippen molar-refractivity contribution in [3.63, 3.8) is 0 Å². The molecule has 1 aromatic rings. The van der Waals surface area contributed by atoms with Crippen LogP contribution in [0.1, 0.15) is 34.3 Å². The lowest BCUT2D eigenvalue weighted by Gasteiger charge is -2.30. The summed E-state index contributed by atoms with van der Waals surface area (Å²) in [5.74, 6) is -1.32. The SMILES string of the molecule is Cc1ccc2c(c1)C(=O)N(CC1(CCC(N)=O)NC(=O)NC1=O)C2. The van der Waals surface area contributed by atoms with E-state index in [4.69, 9.17) is 5.73 Å². The Kier molecular flexibility index (Phi) is 3.75. The van der Waals surface area contributed by atoms with Crippen LogP contribution < -0.4 is 16.4 Å². The number of fused-ring (bicyclic) bond motifs is 1. The Morgan fingerprint density at radius 2 is 2.08 bits per heavy atom. The average molecular weight is 330 g/mol. The first-order valence-corrected chi connectivity index (χ1v) is 7.61. The van der Waals surface area contributed by atoms with Gasteiger partial charge in [-0.25, -0.2) is 4.79 Å². The Morgan fingerprint density at radius 3 is 2.71 bits per heavy atom. The highest BCUT2D eigenvalue weighted by Gasteiger charge is 2.48. The van der Waals surface area contributed by atoms with E-state index >= 15 is 0 Å². The standard InChI is InChI=1S/C16H18N4O4/c1-9-2-3-10-7-20(13(22)11(10)6-9)8-16(5-4-12(17)21)14(23)18-15(24)19-16/h2-3,6H,4-5,7-8H2,1H3,(H2,17,21)(H2,18,19,23,24). The molecule has 1 aromatic carbocycles. The maximum absolute atomic E-state index is 12.6. The number of benzene rings is 1. The number of carbonyl (C=O) groups excluding carboxylic acids is 4. The minimum absolute atomic E-state index is 0.00951. The number of hydrogen-bond donors (Lipinski definition) is 3. The highest BCUT2D eigenvalue weighted by molar-refractivity contribution is 6.08. The third-order valence-corrected chi connectivity index (χ3v) is 4.42. The summed E-state index contributed by atoms with van der Waals surface area (Å²) in [5, 5.41) is 4.73. The van der Waals surface area contributed by atoms with E-state index < -0.39 is 23.4 Å². The molecule has 5 amide bonds. The van der Waals surface area contributed by atoms with Crippen molar-refractivity contribution in [3.8, 4) is 0 Å². The third-order valence-electron chi connectivity index (χ3n) is 4.42.